The summed E-state index contributed by atoms with van der Waals surface area (Å²) < 4.78 is 7.38. The van der Waals surface area contributed by atoms with E-state index in [1.54, 1.807) is 0 Å². The van der Waals surface area contributed by atoms with Gasteiger partial charge >= 0.3 is 5.69 Å². The first-order chi connectivity index (χ1) is 11.5. The van der Waals surface area contributed by atoms with E-state index in [2.05, 4.69) is 9.89 Å². The average Bonchev–Trinajstić information content (AvgIpc) is 2.61. The van der Waals surface area contributed by atoms with Gasteiger partial charge in [0.25, 0.3) is 5.56 Å². The van der Waals surface area contributed by atoms with E-state index in [9.17, 15) is 14.7 Å². The topological polar surface area (TPSA) is 89.1 Å². The Morgan fingerprint density at radius 2 is 1.88 bits per heavy atom. The van der Waals surface area contributed by atoms with Crippen molar-refractivity contribution in [2.45, 2.75) is 19.8 Å². The van der Waals surface area contributed by atoms with Crippen LogP contribution in [0, 0.1) is 0 Å². The molecule has 1 fully saturated rings. The van der Waals surface area contributed by atoms with Crippen LogP contribution in [0.3, 0.4) is 0 Å². The molecule has 0 atom stereocenters. The summed E-state index contributed by atoms with van der Waals surface area (Å²) in [5.41, 5.74) is -0.410. The molecule has 1 aromatic heterocycles. The Balaban J connectivity index is 2.13. The summed E-state index contributed by atoms with van der Waals surface area (Å²) in [7, 11) is 2.84. The van der Waals surface area contributed by atoms with E-state index < -0.39 is 11.2 Å². The van der Waals surface area contributed by atoms with Gasteiger partial charge in [0.15, 0.2) is 0 Å². The van der Waals surface area contributed by atoms with E-state index in [1.807, 2.05) is 6.92 Å². The highest BCUT2D eigenvalue weighted by Crippen LogP contribution is 2.12. The lowest BCUT2D eigenvalue weighted by Crippen LogP contribution is -2.40. The van der Waals surface area contributed by atoms with E-state index in [0.717, 1.165) is 48.4 Å². The van der Waals surface area contributed by atoms with Gasteiger partial charge in [0.1, 0.15) is 5.56 Å². The first-order valence-electron chi connectivity index (χ1n) is 8.30. The van der Waals surface area contributed by atoms with Crippen molar-refractivity contribution in [2.75, 3.05) is 39.4 Å². The standard InChI is InChI=1S/C16H26N4O4/c1-4-12(17-6-5-7-20-8-10-24-11-9-20)13-14(21)18(2)16(23)19(3)15(13)22/h21H,4-11H2,1-3H3. The van der Waals surface area contributed by atoms with Crippen LogP contribution in [0.25, 0.3) is 0 Å². The fourth-order valence-corrected chi connectivity index (χ4v) is 2.79. The second-order valence-electron chi connectivity index (χ2n) is 5.89. The molecule has 24 heavy (non-hydrogen) atoms. The van der Waals surface area contributed by atoms with Crippen LogP contribution in [0.15, 0.2) is 14.6 Å². The minimum Gasteiger partial charge on any atom is -0.494 e. The lowest BCUT2D eigenvalue weighted by atomic mass is 10.1. The van der Waals surface area contributed by atoms with E-state index in [-0.39, 0.29) is 11.4 Å². The third-order valence-electron chi connectivity index (χ3n) is 4.30. The molecule has 2 heterocycles. The van der Waals surface area contributed by atoms with Crippen molar-refractivity contribution < 1.29 is 9.84 Å². The zero-order valence-corrected chi connectivity index (χ0v) is 14.6. The van der Waals surface area contributed by atoms with E-state index in [0.29, 0.717) is 18.7 Å². The van der Waals surface area contributed by atoms with Crippen molar-refractivity contribution in [3.8, 4) is 5.88 Å². The summed E-state index contributed by atoms with van der Waals surface area (Å²) in [6.45, 7) is 6.80. The fourth-order valence-electron chi connectivity index (χ4n) is 2.79. The van der Waals surface area contributed by atoms with Gasteiger partial charge < -0.3 is 9.84 Å². The van der Waals surface area contributed by atoms with Gasteiger partial charge in [-0.15, -0.1) is 0 Å². The molecule has 0 saturated carbocycles. The Hall–Kier alpha value is -1.93. The van der Waals surface area contributed by atoms with Crippen LogP contribution in [0.4, 0.5) is 0 Å². The van der Waals surface area contributed by atoms with Crippen molar-refractivity contribution in [2.24, 2.45) is 19.1 Å². The Labute approximate surface area is 141 Å². The van der Waals surface area contributed by atoms with Crippen molar-refractivity contribution in [1.82, 2.24) is 14.0 Å². The monoisotopic (exact) mass is 338 g/mol. The van der Waals surface area contributed by atoms with Crippen LogP contribution in [0.5, 0.6) is 5.88 Å². The summed E-state index contributed by atoms with van der Waals surface area (Å²) >= 11 is 0. The molecule has 0 radical (unpaired) electrons. The third-order valence-corrected chi connectivity index (χ3v) is 4.30. The molecule has 0 unspecified atom stereocenters. The first-order valence-corrected chi connectivity index (χ1v) is 8.30. The second-order valence-corrected chi connectivity index (χ2v) is 5.89. The van der Waals surface area contributed by atoms with Gasteiger partial charge in [-0.3, -0.25) is 23.8 Å². The molecule has 8 heteroatoms. The van der Waals surface area contributed by atoms with Gasteiger partial charge in [-0.2, -0.15) is 0 Å². The Morgan fingerprint density at radius 3 is 2.50 bits per heavy atom. The zero-order chi connectivity index (χ0) is 17.7. The van der Waals surface area contributed by atoms with Crippen LogP contribution >= 0.6 is 0 Å². The van der Waals surface area contributed by atoms with Crippen LogP contribution in [-0.4, -0.2) is 64.2 Å². The fraction of sp³-hybridized carbons (Fsp3) is 0.688. The lowest BCUT2D eigenvalue weighted by Gasteiger charge is -2.26. The Morgan fingerprint density at radius 1 is 1.21 bits per heavy atom. The summed E-state index contributed by atoms with van der Waals surface area (Å²) in [5.74, 6) is -0.322. The average molecular weight is 338 g/mol. The SMILES string of the molecule is CCC(=NCCCN1CCOCC1)c1c(O)n(C)c(=O)n(C)c1=O. The molecular formula is C16H26N4O4. The second kappa shape index (κ2) is 8.25. The van der Waals surface area contributed by atoms with Crippen molar-refractivity contribution in [3.05, 3.63) is 26.4 Å². The number of aliphatic imine (C=N–C) groups is 1. The predicted molar refractivity (Wildman–Crippen MR) is 92.2 cm³/mol. The smallest absolute Gasteiger partial charge is 0.333 e. The number of hydrogen-bond donors (Lipinski definition) is 1. The van der Waals surface area contributed by atoms with Gasteiger partial charge in [0.05, 0.1) is 18.9 Å². The molecular weight excluding hydrogens is 312 g/mol. The predicted octanol–water partition coefficient (Wildman–Crippen LogP) is -0.289. The molecule has 0 spiro atoms. The first kappa shape index (κ1) is 18.4. The highest BCUT2D eigenvalue weighted by molar-refractivity contribution is 6.01. The van der Waals surface area contributed by atoms with Crippen LogP contribution < -0.4 is 11.2 Å². The van der Waals surface area contributed by atoms with Gasteiger partial charge in [-0.1, -0.05) is 6.92 Å². The van der Waals surface area contributed by atoms with E-state index in [1.165, 1.54) is 14.1 Å². The maximum absolute atomic E-state index is 12.3. The van der Waals surface area contributed by atoms with E-state index in [4.69, 9.17) is 4.74 Å². The summed E-state index contributed by atoms with van der Waals surface area (Å²) in [4.78, 5) is 31.0. The molecule has 8 nitrogen and oxygen atoms in total. The molecule has 1 aliphatic rings. The normalized spacial score (nSPS) is 16.5. The molecule has 1 aromatic rings. The molecule has 1 saturated heterocycles. The lowest BCUT2D eigenvalue weighted by molar-refractivity contribution is 0.0377. The molecule has 1 aliphatic heterocycles. The number of morpholine rings is 1. The molecule has 0 aliphatic carbocycles. The number of nitrogens with zero attached hydrogens (tertiary/aromatic N) is 4. The molecule has 134 valence electrons. The van der Waals surface area contributed by atoms with Gasteiger partial charge in [-0.05, 0) is 12.8 Å². The summed E-state index contributed by atoms with van der Waals surface area (Å²) in [5, 5.41) is 10.2. The Kier molecular flexibility index (Phi) is 6.33. The van der Waals surface area contributed by atoms with Gasteiger partial charge in [0, 0.05) is 40.3 Å². The zero-order valence-electron chi connectivity index (χ0n) is 14.6. The Bertz CT molecular complexity index is 714. The van der Waals surface area contributed by atoms with Gasteiger partial charge in [-0.25, -0.2) is 4.79 Å². The summed E-state index contributed by atoms with van der Waals surface area (Å²) in [6, 6.07) is 0. The number of aromatic hydroxyl groups is 1. The quantitative estimate of drug-likeness (QED) is 0.569. The molecule has 0 bridgehead atoms. The minimum atomic E-state index is -0.552. The summed E-state index contributed by atoms with van der Waals surface area (Å²) in [6.07, 6.45) is 1.38. The molecule has 2 rings (SSSR count). The number of hydrogen-bond acceptors (Lipinski definition) is 6. The molecule has 0 aromatic carbocycles. The highest BCUT2D eigenvalue weighted by Gasteiger charge is 2.18. The maximum atomic E-state index is 12.3. The molecule has 0 amide bonds. The maximum Gasteiger partial charge on any atom is 0.333 e. The molecule has 1 N–H and O–H groups in total. The number of ether oxygens (including phenoxy) is 1. The largest absolute Gasteiger partial charge is 0.494 e. The minimum absolute atomic E-state index is 0.119. The van der Waals surface area contributed by atoms with Crippen molar-refractivity contribution in [3.63, 3.8) is 0 Å². The number of aromatic nitrogens is 2. The van der Waals surface area contributed by atoms with Gasteiger partial charge in [0.2, 0.25) is 5.88 Å². The van der Waals surface area contributed by atoms with Crippen LogP contribution in [0.2, 0.25) is 0 Å². The number of rotatable bonds is 6. The third kappa shape index (κ3) is 3.93. The van der Waals surface area contributed by atoms with Crippen molar-refractivity contribution in [1.29, 1.82) is 0 Å². The van der Waals surface area contributed by atoms with E-state index >= 15 is 0 Å². The van der Waals surface area contributed by atoms with Crippen LogP contribution in [-0.2, 0) is 18.8 Å². The van der Waals surface area contributed by atoms with Crippen LogP contribution in [0.1, 0.15) is 25.3 Å². The van der Waals surface area contributed by atoms with Crippen molar-refractivity contribution >= 4 is 5.71 Å². The highest BCUT2D eigenvalue weighted by atomic mass is 16.5.